The number of anilines is 1. The average Bonchev–Trinajstić information content (AvgIpc) is 2.74. The van der Waals surface area contributed by atoms with Crippen molar-refractivity contribution in [2.75, 3.05) is 11.9 Å². The topological polar surface area (TPSA) is 71.4 Å². The van der Waals surface area contributed by atoms with E-state index in [1.54, 1.807) is 39.8 Å². The van der Waals surface area contributed by atoms with E-state index in [0.29, 0.717) is 37.3 Å². The Morgan fingerprint density at radius 3 is 2.43 bits per heavy atom. The van der Waals surface area contributed by atoms with Crippen LogP contribution in [0.4, 0.5) is 5.69 Å². The Kier molecular flexibility index (Phi) is 5.48. The van der Waals surface area contributed by atoms with Gasteiger partial charge in [0.1, 0.15) is 0 Å². The Morgan fingerprint density at radius 2 is 1.73 bits per heavy atom. The van der Waals surface area contributed by atoms with Crippen LogP contribution in [-0.4, -0.2) is 27.8 Å². The second-order valence-electron chi connectivity index (χ2n) is 7.51. The van der Waals surface area contributed by atoms with Gasteiger partial charge in [-0.15, -0.1) is 0 Å². The zero-order chi connectivity index (χ0) is 21.1. The highest BCUT2D eigenvalue weighted by Gasteiger charge is 2.23. The molecule has 0 saturated heterocycles. The summed E-state index contributed by atoms with van der Waals surface area (Å²) in [5.74, 6) is -0.209. The van der Waals surface area contributed by atoms with Gasteiger partial charge in [-0.1, -0.05) is 30.3 Å². The molecule has 0 saturated carbocycles. The number of amides is 2. The lowest BCUT2D eigenvalue weighted by molar-refractivity contribution is -0.114. The van der Waals surface area contributed by atoms with Gasteiger partial charge in [0.05, 0.1) is 6.54 Å². The first-order chi connectivity index (χ1) is 14.5. The van der Waals surface area contributed by atoms with Crippen molar-refractivity contribution in [3.8, 4) is 0 Å². The molecule has 0 aliphatic carbocycles. The molecule has 0 spiro atoms. The molecule has 30 heavy (non-hydrogen) atoms. The van der Waals surface area contributed by atoms with Crippen LogP contribution in [0.15, 0.2) is 71.7 Å². The molecule has 1 aliphatic heterocycles. The molecule has 2 aromatic carbocycles. The van der Waals surface area contributed by atoms with Crippen LogP contribution in [0.3, 0.4) is 0 Å². The molecule has 1 N–H and O–H groups in total. The zero-order valence-corrected chi connectivity index (χ0v) is 16.8. The highest BCUT2D eigenvalue weighted by Crippen LogP contribution is 2.20. The number of hydrogen-bond acceptors (Lipinski definition) is 3. The number of hydrogen-bond donors (Lipinski definition) is 1. The van der Waals surface area contributed by atoms with Crippen molar-refractivity contribution in [2.24, 2.45) is 0 Å². The maximum Gasteiger partial charge on any atom is 0.254 e. The number of fused-ring (bicyclic) bond motifs is 1. The summed E-state index contributed by atoms with van der Waals surface area (Å²) in [4.78, 5) is 38.4. The minimum Gasteiger partial charge on any atom is -0.334 e. The lowest BCUT2D eigenvalue weighted by Gasteiger charge is -2.29. The van der Waals surface area contributed by atoms with E-state index in [9.17, 15) is 14.4 Å². The van der Waals surface area contributed by atoms with Gasteiger partial charge < -0.3 is 14.8 Å². The maximum atomic E-state index is 13.0. The summed E-state index contributed by atoms with van der Waals surface area (Å²) in [5.41, 5.74) is 4.28. The molecule has 6 nitrogen and oxygen atoms in total. The predicted octanol–water partition coefficient (Wildman–Crippen LogP) is 3.05. The van der Waals surface area contributed by atoms with Gasteiger partial charge in [0.15, 0.2) is 0 Å². The number of pyridine rings is 1. The molecule has 4 rings (SSSR count). The summed E-state index contributed by atoms with van der Waals surface area (Å²) < 4.78 is 1.70. The van der Waals surface area contributed by atoms with Crippen molar-refractivity contribution < 1.29 is 9.59 Å². The van der Waals surface area contributed by atoms with Gasteiger partial charge in [-0.25, -0.2) is 0 Å². The Bertz CT molecular complexity index is 1130. The molecular formula is C24H23N3O3. The molecule has 0 atom stereocenters. The van der Waals surface area contributed by atoms with Gasteiger partial charge in [-0.3, -0.25) is 14.4 Å². The van der Waals surface area contributed by atoms with Gasteiger partial charge in [-0.2, -0.15) is 0 Å². The molecule has 0 bridgehead atoms. The normalized spacial score (nSPS) is 12.9. The Labute approximate surface area is 174 Å². The van der Waals surface area contributed by atoms with Crippen molar-refractivity contribution >= 4 is 17.5 Å². The highest BCUT2D eigenvalue weighted by molar-refractivity contribution is 5.95. The molecule has 1 aliphatic rings. The molecule has 0 radical (unpaired) electrons. The second kappa shape index (κ2) is 8.37. The van der Waals surface area contributed by atoms with Crippen LogP contribution in [0.2, 0.25) is 0 Å². The highest BCUT2D eigenvalue weighted by atomic mass is 16.2. The van der Waals surface area contributed by atoms with Gasteiger partial charge >= 0.3 is 0 Å². The van der Waals surface area contributed by atoms with Crippen LogP contribution in [0.1, 0.15) is 34.0 Å². The van der Waals surface area contributed by atoms with Crippen molar-refractivity contribution in [3.63, 3.8) is 0 Å². The molecule has 2 amide bonds. The third-order valence-corrected chi connectivity index (χ3v) is 5.25. The van der Waals surface area contributed by atoms with E-state index in [1.165, 1.54) is 6.92 Å². The quantitative estimate of drug-likeness (QED) is 0.730. The van der Waals surface area contributed by atoms with Gasteiger partial charge in [0.25, 0.3) is 11.5 Å². The third kappa shape index (κ3) is 4.33. The molecule has 2 heterocycles. The van der Waals surface area contributed by atoms with Crippen LogP contribution >= 0.6 is 0 Å². The number of nitrogens with one attached hydrogen (secondary N) is 1. The summed E-state index contributed by atoms with van der Waals surface area (Å²) in [6, 6.07) is 18.4. The SMILES string of the molecule is CC(=O)Nc1ccc(C(=O)N2CCc3cc(=O)n(Cc4ccccc4)cc3C2)cc1. The first-order valence-corrected chi connectivity index (χ1v) is 9.93. The molecule has 6 heteroatoms. The summed E-state index contributed by atoms with van der Waals surface area (Å²) in [5, 5.41) is 2.70. The van der Waals surface area contributed by atoms with E-state index in [4.69, 9.17) is 0 Å². The van der Waals surface area contributed by atoms with Crippen LogP contribution in [0.5, 0.6) is 0 Å². The molecule has 3 aromatic rings. The fourth-order valence-electron chi connectivity index (χ4n) is 3.73. The second-order valence-corrected chi connectivity index (χ2v) is 7.51. The number of carbonyl (C=O) groups is 2. The summed E-state index contributed by atoms with van der Waals surface area (Å²) in [6.07, 6.45) is 2.54. The van der Waals surface area contributed by atoms with E-state index in [0.717, 1.165) is 16.7 Å². The lowest BCUT2D eigenvalue weighted by atomic mass is 10.0. The predicted molar refractivity (Wildman–Crippen MR) is 115 cm³/mol. The molecule has 0 unspecified atom stereocenters. The maximum absolute atomic E-state index is 13.0. The number of rotatable bonds is 4. The van der Waals surface area contributed by atoms with Gasteiger partial charge in [0.2, 0.25) is 5.91 Å². The summed E-state index contributed by atoms with van der Waals surface area (Å²) >= 11 is 0. The number of benzene rings is 2. The number of aromatic nitrogens is 1. The van der Waals surface area contributed by atoms with E-state index in [1.807, 2.05) is 36.5 Å². The number of carbonyl (C=O) groups excluding carboxylic acids is 2. The fraction of sp³-hybridized carbons (Fsp3) is 0.208. The standard InChI is InChI=1S/C24H23N3O3/c1-17(28)25-22-9-7-19(8-10-22)24(30)26-12-11-20-13-23(29)27(16-21(20)15-26)14-18-5-3-2-4-6-18/h2-10,13,16H,11-12,14-15H2,1H3,(H,25,28). The Hall–Kier alpha value is -3.67. The van der Waals surface area contributed by atoms with E-state index in [-0.39, 0.29) is 17.4 Å². The van der Waals surface area contributed by atoms with Crippen LogP contribution < -0.4 is 10.9 Å². The van der Waals surface area contributed by atoms with Crippen LogP contribution in [0.25, 0.3) is 0 Å². The molecular weight excluding hydrogens is 378 g/mol. The van der Waals surface area contributed by atoms with Crippen molar-refractivity contribution in [3.05, 3.63) is 99.5 Å². The van der Waals surface area contributed by atoms with E-state index in [2.05, 4.69) is 5.32 Å². The first-order valence-electron chi connectivity index (χ1n) is 9.93. The summed E-state index contributed by atoms with van der Waals surface area (Å²) in [7, 11) is 0. The Morgan fingerprint density at radius 1 is 1.00 bits per heavy atom. The first kappa shape index (κ1) is 19.6. The molecule has 152 valence electrons. The largest absolute Gasteiger partial charge is 0.334 e. The van der Waals surface area contributed by atoms with Gasteiger partial charge in [-0.05, 0) is 47.4 Å². The van der Waals surface area contributed by atoms with Crippen LogP contribution in [-0.2, 0) is 24.3 Å². The Balaban J connectivity index is 1.52. The van der Waals surface area contributed by atoms with Crippen LogP contribution in [0, 0.1) is 0 Å². The number of nitrogens with zero attached hydrogens (tertiary/aromatic N) is 2. The molecule has 0 fully saturated rings. The molecule has 1 aromatic heterocycles. The smallest absolute Gasteiger partial charge is 0.254 e. The minimum absolute atomic E-state index is 0.0223. The fourth-order valence-corrected chi connectivity index (χ4v) is 3.73. The van der Waals surface area contributed by atoms with Gasteiger partial charge in [0, 0.05) is 43.5 Å². The van der Waals surface area contributed by atoms with Crippen molar-refractivity contribution in [1.29, 1.82) is 0 Å². The monoisotopic (exact) mass is 401 g/mol. The van der Waals surface area contributed by atoms with E-state index < -0.39 is 0 Å². The minimum atomic E-state index is -0.150. The van der Waals surface area contributed by atoms with Crippen molar-refractivity contribution in [2.45, 2.75) is 26.4 Å². The average molecular weight is 401 g/mol. The zero-order valence-electron chi connectivity index (χ0n) is 16.8. The van der Waals surface area contributed by atoms with E-state index >= 15 is 0 Å². The lowest BCUT2D eigenvalue weighted by Crippen LogP contribution is -2.37. The third-order valence-electron chi connectivity index (χ3n) is 5.25. The summed E-state index contributed by atoms with van der Waals surface area (Å²) in [6.45, 7) is 2.99. The van der Waals surface area contributed by atoms with Crippen molar-refractivity contribution in [1.82, 2.24) is 9.47 Å².